The van der Waals surface area contributed by atoms with Crippen LogP contribution in [0.15, 0.2) is 6.20 Å². The molecule has 122 valence electrons. The number of hydrogen-bond donors (Lipinski definition) is 1. The summed E-state index contributed by atoms with van der Waals surface area (Å²) in [4.78, 5) is 30.3. The molecule has 2 amide bonds. The second-order valence-corrected chi connectivity index (χ2v) is 7.49. The van der Waals surface area contributed by atoms with Gasteiger partial charge in [0.1, 0.15) is 4.88 Å². The molecule has 1 aliphatic rings. The van der Waals surface area contributed by atoms with Gasteiger partial charge in [0.05, 0.1) is 23.9 Å². The highest BCUT2D eigenvalue weighted by Gasteiger charge is 2.27. The first-order chi connectivity index (χ1) is 10.3. The van der Waals surface area contributed by atoms with Gasteiger partial charge < -0.3 is 15.0 Å². The van der Waals surface area contributed by atoms with Crippen LogP contribution < -0.4 is 5.32 Å². The van der Waals surface area contributed by atoms with Crippen molar-refractivity contribution in [2.24, 2.45) is 0 Å². The number of nitrogens with one attached hydrogen (secondary N) is 1. The topological polar surface area (TPSA) is 71.5 Å². The monoisotopic (exact) mass is 325 g/mol. The Morgan fingerprint density at radius 2 is 2.23 bits per heavy atom. The van der Waals surface area contributed by atoms with E-state index in [1.54, 1.807) is 11.1 Å². The molecule has 1 aliphatic heterocycles. The van der Waals surface area contributed by atoms with Crippen LogP contribution in [0.25, 0.3) is 0 Å². The van der Waals surface area contributed by atoms with E-state index >= 15 is 0 Å². The molecule has 1 aromatic rings. The molecule has 0 saturated carbocycles. The average molecular weight is 325 g/mol. The second-order valence-electron chi connectivity index (χ2n) is 6.46. The quantitative estimate of drug-likeness (QED) is 0.912. The fourth-order valence-electron chi connectivity index (χ4n) is 2.16. The summed E-state index contributed by atoms with van der Waals surface area (Å²) in [5.74, 6) is -0.103. The number of thiazole rings is 1. The summed E-state index contributed by atoms with van der Waals surface area (Å²) in [7, 11) is 0. The summed E-state index contributed by atoms with van der Waals surface area (Å²) in [6.07, 6.45) is 1.50. The molecule has 0 bridgehead atoms. The molecule has 1 aromatic heterocycles. The van der Waals surface area contributed by atoms with E-state index in [4.69, 9.17) is 4.74 Å². The standard InChI is InChI=1S/C15H23N3O3S/c1-10(19)16-7-11-9-18(5-6-21-11)13(20)12-8-17-14(22-12)15(2,3)4/h8,11H,5-7,9H2,1-4H3,(H,16,19)/t11-/m0/s1. The zero-order valence-corrected chi connectivity index (χ0v) is 14.3. The second kappa shape index (κ2) is 6.75. The number of rotatable bonds is 3. The van der Waals surface area contributed by atoms with Gasteiger partial charge in [-0.3, -0.25) is 9.59 Å². The Bertz CT molecular complexity index is 550. The maximum Gasteiger partial charge on any atom is 0.265 e. The minimum absolute atomic E-state index is 0.0101. The zero-order valence-electron chi connectivity index (χ0n) is 13.5. The van der Waals surface area contributed by atoms with Crippen molar-refractivity contribution in [2.45, 2.75) is 39.2 Å². The fourth-order valence-corrected chi connectivity index (χ4v) is 3.10. The maximum absolute atomic E-state index is 12.6. The molecular weight excluding hydrogens is 302 g/mol. The van der Waals surface area contributed by atoms with Gasteiger partial charge in [-0.1, -0.05) is 20.8 Å². The molecule has 6 nitrogen and oxygen atoms in total. The largest absolute Gasteiger partial charge is 0.373 e. The Balaban J connectivity index is 1.99. The summed E-state index contributed by atoms with van der Waals surface area (Å²) in [6.45, 7) is 9.68. The molecule has 1 saturated heterocycles. The summed E-state index contributed by atoms with van der Waals surface area (Å²) in [5, 5.41) is 3.68. The number of carbonyl (C=O) groups excluding carboxylic acids is 2. The van der Waals surface area contributed by atoms with Crippen molar-refractivity contribution >= 4 is 23.2 Å². The Morgan fingerprint density at radius 3 is 2.82 bits per heavy atom. The van der Waals surface area contributed by atoms with Crippen LogP contribution in [0.2, 0.25) is 0 Å². The van der Waals surface area contributed by atoms with Gasteiger partial charge >= 0.3 is 0 Å². The van der Waals surface area contributed by atoms with Crippen molar-refractivity contribution in [3.63, 3.8) is 0 Å². The molecule has 1 fully saturated rings. The van der Waals surface area contributed by atoms with E-state index < -0.39 is 0 Å². The Morgan fingerprint density at radius 1 is 1.50 bits per heavy atom. The minimum Gasteiger partial charge on any atom is -0.373 e. The van der Waals surface area contributed by atoms with Crippen molar-refractivity contribution < 1.29 is 14.3 Å². The Hall–Kier alpha value is -1.47. The molecular formula is C15H23N3O3S. The summed E-state index contributed by atoms with van der Waals surface area (Å²) in [6, 6.07) is 0. The highest BCUT2D eigenvalue weighted by atomic mass is 32.1. The molecule has 1 atom stereocenters. The first kappa shape index (κ1) is 16.9. The predicted octanol–water partition coefficient (Wildman–Crippen LogP) is 1.42. The lowest BCUT2D eigenvalue weighted by atomic mass is 9.98. The van der Waals surface area contributed by atoms with Gasteiger partial charge in [0.25, 0.3) is 5.91 Å². The van der Waals surface area contributed by atoms with E-state index in [1.165, 1.54) is 18.3 Å². The Labute approximate surface area is 134 Å². The number of nitrogens with zero attached hydrogens (tertiary/aromatic N) is 2. The fraction of sp³-hybridized carbons (Fsp3) is 0.667. The summed E-state index contributed by atoms with van der Waals surface area (Å²) in [5.41, 5.74) is -0.0534. The van der Waals surface area contributed by atoms with Crippen LogP contribution in [-0.4, -0.2) is 54.0 Å². The van der Waals surface area contributed by atoms with Gasteiger partial charge in [0.2, 0.25) is 5.91 Å². The van der Waals surface area contributed by atoms with E-state index in [0.29, 0.717) is 31.1 Å². The molecule has 0 aliphatic carbocycles. The molecule has 0 aromatic carbocycles. The molecule has 2 heterocycles. The van der Waals surface area contributed by atoms with Gasteiger partial charge in [-0.05, 0) is 0 Å². The van der Waals surface area contributed by atoms with Crippen molar-refractivity contribution in [2.75, 3.05) is 26.2 Å². The van der Waals surface area contributed by atoms with Crippen LogP contribution in [0.4, 0.5) is 0 Å². The zero-order chi connectivity index (χ0) is 16.3. The van der Waals surface area contributed by atoms with E-state index in [2.05, 4.69) is 31.1 Å². The highest BCUT2D eigenvalue weighted by Crippen LogP contribution is 2.27. The number of carbonyl (C=O) groups is 2. The third kappa shape index (κ3) is 4.27. The van der Waals surface area contributed by atoms with Crippen LogP contribution in [0, 0.1) is 0 Å². The molecule has 2 rings (SSSR count). The molecule has 0 radical (unpaired) electrons. The molecule has 0 spiro atoms. The number of aromatic nitrogens is 1. The first-order valence-corrected chi connectivity index (χ1v) is 8.20. The van der Waals surface area contributed by atoms with Crippen LogP contribution in [0.3, 0.4) is 0 Å². The van der Waals surface area contributed by atoms with Gasteiger partial charge in [0.15, 0.2) is 0 Å². The van der Waals surface area contributed by atoms with E-state index in [-0.39, 0.29) is 23.3 Å². The molecule has 7 heteroatoms. The predicted molar refractivity (Wildman–Crippen MR) is 85.1 cm³/mol. The van der Waals surface area contributed by atoms with Crippen LogP contribution in [0.1, 0.15) is 42.4 Å². The van der Waals surface area contributed by atoms with Gasteiger partial charge in [0, 0.05) is 32.0 Å². The highest BCUT2D eigenvalue weighted by molar-refractivity contribution is 7.13. The van der Waals surface area contributed by atoms with Gasteiger partial charge in [-0.25, -0.2) is 4.98 Å². The van der Waals surface area contributed by atoms with Crippen LogP contribution in [0.5, 0.6) is 0 Å². The average Bonchev–Trinajstić information content (AvgIpc) is 2.94. The van der Waals surface area contributed by atoms with Gasteiger partial charge in [-0.2, -0.15) is 0 Å². The first-order valence-electron chi connectivity index (χ1n) is 7.39. The smallest absolute Gasteiger partial charge is 0.265 e. The van der Waals surface area contributed by atoms with Crippen LogP contribution in [-0.2, 0) is 14.9 Å². The number of morpholine rings is 1. The third-order valence-electron chi connectivity index (χ3n) is 3.36. The van der Waals surface area contributed by atoms with Crippen molar-refractivity contribution in [3.05, 3.63) is 16.1 Å². The summed E-state index contributed by atoms with van der Waals surface area (Å²) < 4.78 is 5.58. The minimum atomic E-state index is -0.156. The Kier molecular flexibility index (Phi) is 5.18. The SMILES string of the molecule is CC(=O)NC[C@H]1CN(C(=O)c2cnc(C(C)(C)C)s2)CCO1. The lowest BCUT2D eigenvalue weighted by Gasteiger charge is -2.32. The lowest BCUT2D eigenvalue weighted by molar-refractivity contribution is -0.120. The van der Waals surface area contributed by atoms with Crippen molar-refractivity contribution in [3.8, 4) is 0 Å². The van der Waals surface area contributed by atoms with E-state index in [9.17, 15) is 9.59 Å². The molecule has 22 heavy (non-hydrogen) atoms. The third-order valence-corrected chi connectivity index (χ3v) is 4.77. The van der Waals surface area contributed by atoms with Crippen molar-refractivity contribution in [1.29, 1.82) is 0 Å². The maximum atomic E-state index is 12.6. The van der Waals surface area contributed by atoms with E-state index in [0.717, 1.165) is 5.01 Å². The number of amides is 2. The van der Waals surface area contributed by atoms with Crippen molar-refractivity contribution in [1.82, 2.24) is 15.2 Å². The van der Waals surface area contributed by atoms with E-state index in [1.807, 2.05) is 0 Å². The number of hydrogen-bond acceptors (Lipinski definition) is 5. The van der Waals surface area contributed by atoms with Crippen LogP contribution >= 0.6 is 11.3 Å². The normalized spacial score (nSPS) is 19.1. The molecule has 0 unspecified atom stereocenters. The lowest BCUT2D eigenvalue weighted by Crippen LogP contribution is -2.49. The number of ether oxygens (including phenoxy) is 1. The summed E-state index contributed by atoms with van der Waals surface area (Å²) >= 11 is 1.45. The van der Waals surface area contributed by atoms with Gasteiger partial charge in [-0.15, -0.1) is 11.3 Å². The molecule has 1 N–H and O–H groups in total.